The molecule has 640 valence electrons. The SMILES string of the molecule is CC1(C)c2c(ccc3ccccc23)-c2c3c(c4ccccc4c21)-c1cc2ccccc2cc1C3.CC1(C)c2ccccc2-c2ccc(-n3c4ccc5c(c4c4ccc6ccccc6c43)Cc3ccc4ccccc4c3-5)cc21.c1ccc2c(c1)Cc1c-2c2ccccc2c2sc3ccc4ccccc4c3c12.c1ccc2c3c(ccc2c1)Cc1c-3c2ccccc2c2oc3c4ccccc4ccc3c12. The number of fused-ring (bicyclic) bond motifs is 53. The van der Waals surface area contributed by atoms with E-state index in [4.69, 9.17) is 4.42 Å². The van der Waals surface area contributed by atoms with Gasteiger partial charge in [0.15, 0.2) is 0 Å². The summed E-state index contributed by atoms with van der Waals surface area (Å²) in [5.41, 5.74) is 40.1. The van der Waals surface area contributed by atoms with E-state index in [1.54, 1.807) is 0 Å². The molecule has 33 rings (SSSR count). The molecule has 0 atom stereocenters. The van der Waals surface area contributed by atoms with Gasteiger partial charge in [-0.3, -0.25) is 0 Å². The van der Waals surface area contributed by atoms with Crippen LogP contribution in [0.5, 0.6) is 0 Å². The molecular formula is C134H87NOS. The largest absolute Gasteiger partial charge is 0.455 e. The molecule has 3 heterocycles. The van der Waals surface area contributed by atoms with Crippen molar-refractivity contribution in [3.05, 3.63) is 473 Å². The highest BCUT2D eigenvalue weighted by molar-refractivity contribution is 7.27. The standard InChI is InChI=1S/C42H29N.C34H24.C31H18O.C27H16S/c1-42(2)36-14-8-7-13-31(36)32-20-18-28(24-37(32)42)43-38-22-21-33-35(23-27-16-15-25-9-3-5-11-29(25)39(27)33)40(38)34-19-17-26-10-4-6-12-30(26)41(34)43;1-34(2)32-24-12-6-5-9-20(24)15-16-27(32)31-29-19-23-17-21-10-3-4-11-22(21)18-28(23)30(29)25-13-7-8-14-26(25)33(31)34;1-3-9-21-18(7-1)13-14-20-17-26-28(27(20)21)23-11-5-6-12-24(23)31-29(26)25-16-15-19-8-2-4-10-22(19)30(25)32-31;1-3-9-18-16(7-1)13-14-23-25(18)26-22-15-17-8-2-4-10-19(17)24(22)20-11-5-6-12-21(20)27(26)28-23/h3-22,24H,23H2,1-2H3;3-18H,19H2,1-2H3;1-16H,17H2;1-14H,15H2. The maximum atomic E-state index is 6.69. The second-order valence-corrected chi connectivity index (χ2v) is 41.0. The fourth-order valence-corrected chi connectivity index (χ4v) is 27.8. The van der Waals surface area contributed by atoms with Gasteiger partial charge in [-0.25, -0.2) is 0 Å². The predicted octanol–water partition coefficient (Wildman–Crippen LogP) is 36.5. The van der Waals surface area contributed by atoms with Crippen LogP contribution >= 0.6 is 11.3 Å². The second-order valence-electron chi connectivity index (χ2n) is 40.0. The number of furan rings is 1. The Bertz CT molecular complexity index is 10100. The van der Waals surface area contributed by atoms with E-state index >= 15 is 0 Å². The van der Waals surface area contributed by atoms with Crippen molar-refractivity contribution in [2.45, 2.75) is 64.2 Å². The average molecular weight is 1760 g/mol. The molecule has 2 nitrogen and oxygen atoms in total. The normalized spacial score (nSPS) is 13.8. The topological polar surface area (TPSA) is 18.1 Å². The number of rotatable bonds is 1. The summed E-state index contributed by atoms with van der Waals surface area (Å²) < 4.78 is 12.1. The number of benzene rings is 24. The second kappa shape index (κ2) is 28.6. The van der Waals surface area contributed by atoms with Crippen LogP contribution in [0.1, 0.15) is 94.5 Å². The van der Waals surface area contributed by atoms with Crippen LogP contribution in [-0.2, 0) is 36.5 Å². The van der Waals surface area contributed by atoms with E-state index in [0.717, 1.165) is 36.8 Å². The third-order valence-corrected chi connectivity index (χ3v) is 33.5. The molecule has 27 aromatic rings. The van der Waals surface area contributed by atoms with Crippen molar-refractivity contribution < 1.29 is 4.42 Å². The molecule has 0 saturated heterocycles. The van der Waals surface area contributed by atoms with E-state index in [2.05, 4.69) is 439 Å². The molecule has 0 fully saturated rings. The Balaban J connectivity index is 0.0000000875. The molecule has 0 amide bonds. The van der Waals surface area contributed by atoms with Crippen molar-refractivity contribution in [2.75, 3.05) is 0 Å². The van der Waals surface area contributed by atoms with Crippen molar-refractivity contribution in [2.24, 2.45) is 0 Å². The van der Waals surface area contributed by atoms with Gasteiger partial charge in [0, 0.05) is 79.8 Å². The quantitative estimate of drug-likeness (QED) is 0.160. The molecule has 24 aromatic carbocycles. The van der Waals surface area contributed by atoms with Crippen LogP contribution in [0.4, 0.5) is 0 Å². The zero-order chi connectivity index (χ0) is 90.1. The first-order valence-electron chi connectivity index (χ1n) is 48.5. The first-order chi connectivity index (χ1) is 67.5. The predicted molar refractivity (Wildman–Crippen MR) is 583 cm³/mol. The molecule has 0 radical (unpaired) electrons. The smallest absolute Gasteiger partial charge is 0.143 e. The van der Waals surface area contributed by atoms with Crippen LogP contribution in [0, 0.1) is 0 Å². The van der Waals surface area contributed by atoms with E-state index in [1.165, 1.54) is 300 Å². The van der Waals surface area contributed by atoms with Gasteiger partial charge in [0.25, 0.3) is 0 Å². The third-order valence-electron chi connectivity index (χ3n) is 32.3. The maximum Gasteiger partial charge on any atom is 0.143 e. The molecule has 0 bridgehead atoms. The van der Waals surface area contributed by atoms with Crippen molar-refractivity contribution in [1.29, 1.82) is 0 Å². The van der Waals surface area contributed by atoms with E-state index in [0.29, 0.717) is 0 Å². The van der Waals surface area contributed by atoms with Gasteiger partial charge >= 0.3 is 0 Å². The first-order valence-corrected chi connectivity index (χ1v) is 49.3. The Hall–Kier alpha value is -16.3. The molecule has 0 N–H and O–H groups in total. The number of nitrogens with zero attached hydrogens (tertiary/aromatic N) is 1. The molecule has 0 aliphatic heterocycles. The van der Waals surface area contributed by atoms with Crippen LogP contribution in [0.2, 0.25) is 0 Å². The van der Waals surface area contributed by atoms with Crippen molar-refractivity contribution in [1.82, 2.24) is 4.57 Å². The summed E-state index contributed by atoms with van der Waals surface area (Å²) in [5.74, 6) is 0. The Morgan fingerprint density at radius 1 is 0.234 bits per heavy atom. The summed E-state index contributed by atoms with van der Waals surface area (Å²) in [7, 11) is 0. The van der Waals surface area contributed by atoms with E-state index in [9.17, 15) is 0 Å². The third kappa shape index (κ3) is 10.8. The monoisotopic (exact) mass is 1760 g/mol. The van der Waals surface area contributed by atoms with Gasteiger partial charge in [0.1, 0.15) is 11.2 Å². The molecule has 3 heteroatoms. The van der Waals surface area contributed by atoms with Crippen molar-refractivity contribution in [3.8, 4) is 72.4 Å². The molecule has 6 aliphatic carbocycles. The fourth-order valence-electron chi connectivity index (χ4n) is 26.5. The summed E-state index contributed by atoms with van der Waals surface area (Å²) >= 11 is 1.95. The van der Waals surface area contributed by atoms with E-state index in [1.807, 2.05) is 11.3 Å². The molecule has 137 heavy (non-hydrogen) atoms. The summed E-state index contributed by atoms with van der Waals surface area (Å²) in [6.07, 6.45) is 3.94. The Labute approximate surface area is 795 Å². The number of hydrogen-bond acceptors (Lipinski definition) is 2. The van der Waals surface area contributed by atoms with Crippen molar-refractivity contribution >= 4 is 183 Å². The van der Waals surface area contributed by atoms with Crippen LogP contribution in [0.25, 0.3) is 244 Å². The van der Waals surface area contributed by atoms with Gasteiger partial charge in [-0.1, -0.05) is 398 Å². The Morgan fingerprint density at radius 3 is 1.45 bits per heavy atom. The Morgan fingerprint density at radius 2 is 0.715 bits per heavy atom. The molecule has 0 saturated carbocycles. The van der Waals surface area contributed by atoms with Crippen LogP contribution in [0.15, 0.2) is 411 Å². The molecular weight excluding hydrogens is 1670 g/mol. The van der Waals surface area contributed by atoms with Gasteiger partial charge in [0.2, 0.25) is 0 Å². The fraction of sp³-hybridized carbons (Fsp3) is 0.0746. The lowest BCUT2D eigenvalue weighted by atomic mass is 9.77. The first kappa shape index (κ1) is 77.2. The van der Waals surface area contributed by atoms with Gasteiger partial charge in [-0.05, 0) is 282 Å². The van der Waals surface area contributed by atoms with Crippen LogP contribution in [0.3, 0.4) is 0 Å². The van der Waals surface area contributed by atoms with Crippen LogP contribution < -0.4 is 0 Å². The summed E-state index contributed by atoms with van der Waals surface area (Å²) in [5, 5.41) is 34.6. The van der Waals surface area contributed by atoms with Crippen molar-refractivity contribution in [3.63, 3.8) is 0 Å². The number of aromatic nitrogens is 1. The highest BCUT2D eigenvalue weighted by atomic mass is 32.1. The summed E-state index contributed by atoms with van der Waals surface area (Å²) in [4.78, 5) is 0. The van der Waals surface area contributed by atoms with Crippen LogP contribution in [-0.4, -0.2) is 4.57 Å². The minimum Gasteiger partial charge on any atom is -0.455 e. The number of thiophene rings is 1. The molecule has 0 spiro atoms. The van der Waals surface area contributed by atoms with E-state index < -0.39 is 0 Å². The average Bonchev–Trinajstić information content (AvgIpc) is 1.52. The Kier molecular flexibility index (Phi) is 16.1. The van der Waals surface area contributed by atoms with Gasteiger partial charge in [-0.2, -0.15) is 0 Å². The molecule has 3 aromatic heterocycles. The molecule has 6 aliphatic rings. The van der Waals surface area contributed by atoms with Gasteiger partial charge < -0.3 is 8.98 Å². The lowest BCUT2D eigenvalue weighted by molar-refractivity contribution is 0.660. The zero-order valence-electron chi connectivity index (χ0n) is 76.3. The maximum absolute atomic E-state index is 6.69. The van der Waals surface area contributed by atoms with Gasteiger partial charge in [0.05, 0.1) is 11.0 Å². The van der Waals surface area contributed by atoms with Gasteiger partial charge in [-0.15, -0.1) is 11.3 Å². The molecule has 0 unspecified atom stereocenters. The zero-order valence-corrected chi connectivity index (χ0v) is 77.1. The minimum atomic E-state index is -0.0559. The highest BCUT2D eigenvalue weighted by Crippen LogP contribution is 2.62. The lowest BCUT2D eigenvalue weighted by Crippen LogP contribution is -2.16. The summed E-state index contributed by atoms with van der Waals surface area (Å²) in [6, 6.07) is 151. The highest BCUT2D eigenvalue weighted by Gasteiger charge is 2.44. The number of hydrogen-bond donors (Lipinski definition) is 0. The minimum absolute atomic E-state index is 0.0489. The summed E-state index contributed by atoms with van der Waals surface area (Å²) in [6.45, 7) is 9.60. The lowest BCUT2D eigenvalue weighted by Gasteiger charge is -2.25. The van der Waals surface area contributed by atoms with E-state index in [-0.39, 0.29) is 10.8 Å².